The maximum Gasteiger partial charge on any atom is 0.161 e. The molecule has 2 aromatic carbocycles. The SMILES string of the molecule is COc1cc(C2=NCC(C#N)=C(N)N2)ccc1OCc1ccccc1. The molecule has 1 heterocycles. The fourth-order valence-electron chi connectivity index (χ4n) is 2.41. The van der Waals surface area contributed by atoms with Gasteiger partial charge in [0.15, 0.2) is 11.5 Å². The molecule has 25 heavy (non-hydrogen) atoms. The first-order valence-corrected chi connectivity index (χ1v) is 7.76. The Bertz CT molecular complexity index is 867. The summed E-state index contributed by atoms with van der Waals surface area (Å²) in [5.41, 5.74) is 8.16. The molecule has 0 saturated heterocycles. The second-order valence-corrected chi connectivity index (χ2v) is 5.43. The minimum absolute atomic E-state index is 0.263. The van der Waals surface area contributed by atoms with E-state index in [4.69, 9.17) is 20.5 Å². The summed E-state index contributed by atoms with van der Waals surface area (Å²) in [6.45, 7) is 0.718. The molecule has 0 spiro atoms. The van der Waals surface area contributed by atoms with Gasteiger partial charge in [-0.25, -0.2) is 0 Å². The zero-order valence-corrected chi connectivity index (χ0v) is 13.8. The molecule has 126 valence electrons. The van der Waals surface area contributed by atoms with Gasteiger partial charge in [-0.1, -0.05) is 30.3 Å². The van der Waals surface area contributed by atoms with Gasteiger partial charge in [0, 0.05) is 5.56 Å². The summed E-state index contributed by atoms with van der Waals surface area (Å²) in [6.07, 6.45) is 0. The number of benzene rings is 2. The van der Waals surface area contributed by atoms with E-state index in [0.717, 1.165) is 11.1 Å². The van der Waals surface area contributed by atoms with E-state index >= 15 is 0 Å². The third-order valence-corrected chi connectivity index (χ3v) is 3.78. The van der Waals surface area contributed by atoms with E-state index in [1.165, 1.54) is 0 Å². The molecule has 0 saturated carbocycles. The minimum atomic E-state index is 0.263. The average Bonchev–Trinajstić information content (AvgIpc) is 2.67. The molecule has 2 aromatic rings. The van der Waals surface area contributed by atoms with Crippen molar-refractivity contribution in [3.05, 3.63) is 71.1 Å². The van der Waals surface area contributed by atoms with E-state index in [2.05, 4.69) is 10.3 Å². The zero-order valence-electron chi connectivity index (χ0n) is 13.8. The summed E-state index contributed by atoms with van der Waals surface area (Å²) in [5.74, 6) is 2.18. The zero-order chi connectivity index (χ0) is 17.6. The molecular formula is C19H18N4O2. The van der Waals surface area contributed by atoms with E-state index in [1.54, 1.807) is 7.11 Å². The lowest BCUT2D eigenvalue weighted by Gasteiger charge is -2.18. The number of nitrogens with zero attached hydrogens (tertiary/aromatic N) is 2. The minimum Gasteiger partial charge on any atom is -0.493 e. The smallest absolute Gasteiger partial charge is 0.161 e. The third-order valence-electron chi connectivity index (χ3n) is 3.78. The second kappa shape index (κ2) is 7.41. The van der Waals surface area contributed by atoms with Crippen LogP contribution in [0.2, 0.25) is 0 Å². The van der Waals surface area contributed by atoms with Gasteiger partial charge in [0.1, 0.15) is 24.3 Å². The van der Waals surface area contributed by atoms with E-state index in [9.17, 15) is 0 Å². The monoisotopic (exact) mass is 334 g/mol. The molecule has 0 aliphatic carbocycles. The van der Waals surface area contributed by atoms with Crippen LogP contribution in [0.3, 0.4) is 0 Å². The van der Waals surface area contributed by atoms with Gasteiger partial charge in [0.25, 0.3) is 0 Å². The number of nitriles is 1. The number of methoxy groups -OCH3 is 1. The molecule has 0 radical (unpaired) electrons. The molecule has 6 nitrogen and oxygen atoms in total. The van der Waals surface area contributed by atoms with Crippen molar-refractivity contribution in [1.82, 2.24) is 5.32 Å². The van der Waals surface area contributed by atoms with Crippen molar-refractivity contribution in [2.45, 2.75) is 6.61 Å². The van der Waals surface area contributed by atoms with Crippen LogP contribution in [0.5, 0.6) is 11.5 Å². The van der Waals surface area contributed by atoms with Crippen molar-refractivity contribution in [1.29, 1.82) is 5.26 Å². The lowest BCUT2D eigenvalue weighted by molar-refractivity contribution is 0.284. The summed E-state index contributed by atoms with van der Waals surface area (Å²) >= 11 is 0. The van der Waals surface area contributed by atoms with Gasteiger partial charge < -0.3 is 20.5 Å². The van der Waals surface area contributed by atoms with Crippen molar-refractivity contribution in [2.24, 2.45) is 10.7 Å². The summed E-state index contributed by atoms with van der Waals surface area (Å²) < 4.78 is 11.3. The number of hydrogen-bond acceptors (Lipinski definition) is 6. The van der Waals surface area contributed by atoms with Crippen molar-refractivity contribution in [3.8, 4) is 17.6 Å². The lowest BCUT2D eigenvalue weighted by atomic mass is 10.1. The number of nitrogens with two attached hydrogens (primary N) is 1. The van der Waals surface area contributed by atoms with Crippen LogP contribution in [0.1, 0.15) is 11.1 Å². The van der Waals surface area contributed by atoms with Crippen molar-refractivity contribution in [2.75, 3.05) is 13.7 Å². The van der Waals surface area contributed by atoms with E-state index in [1.807, 2.05) is 54.6 Å². The highest BCUT2D eigenvalue weighted by atomic mass is 16.5. The predicted molar refractivity (Wildman–Crippen MR) is 95.1 cm³/mol. The highest BCUT2D eigenvalue weighted by molar-refractivity contribution is 6.01. The Kier molecular flexibility index (Phi) is 4.86. The quantitative estimate of drug-likeness (QED) is 0.875. The molecule has 0 fully saturated rings. The maximum absolute atomic E-state index is 8.96. The standard InChI is InChI=1S/C19H18N4O2/c1-24-17-9-14(19-22-11-15(10-20)18(21)23-19)7-8-16(17)25-12-13-5-3-2-4-6-13/h2-9H,11-12,21H2,1H3,(H,22,23). The molecule has 0 bridgehead atoms. The van der Waals surface area contributed by atoms with Gasteiger partial charge in [-0.05, 0) is 23.8 Å². The summed E-state index contributed by atoms with van der Waals surface area (Å²) in [6, 6.07) is 17.5. The van der Waals surface area contributed by atoms with Crippen molar-refractivity contribution in [3.63, 3.8) is 0 Å². The van der Waals surface area contributed by atoms with Crippen LogP contribution < -0.4 is 20.5 Å². The Hall–Kier alpha value is -3.46. The molecule has 3 rings (SSSR count). The van der Waals surface area contributed by atoms with Gasteiger partial charge in [0.2, 0.25) is 0 Å². The third kappa shape index (κ3) is 3.72. The number of aliphatic imine (C=N–C) groups is 1. The number of hydrogen-bond donors (Lipinski definition) is 2. The number of ether oxygens (including phenoxy) is 2. The van der Waals surface area contributed by atoms with Crippen molar-refractivity contribution < 1.29 is 9.47 Å². The fourth-order valence-corrected chi connectivity index (χ4v) is 2.41. The summed E-state index contributed by atoms with van der Waals surface area (Å²) in [7, 11) is 1.59. The van der Waals surface area contributed by atoms with Crippen LogP contribution >= 0.6 is 0 Å². The van der Waals surface area contributed by atoms with Crippen LogP contribution in [-0.4, -0.2) is 19.5 Å². The molecular weight excluding hydrogens is 316 g/mol. The second-order valence-electron chi connectivity index (χ2n) is 5.43. The first kappa shape index (κ1) is 16.4. The number of nitrogens with one attached hydrogen (secondary N) is 1. The van der Waals surface area contributed by atoms with Gasteiger partial charge in [-0.3, -0.25) is 4.99 Å². The fraction of sp³-hybridized carbons (Fsp3) is 0.158. The van der Waals surface area contributed by atoms with Crippen LogP contribution in [0, 0.1) is 11.3 Å². The summed E-state index contributed by atoms with van der Waals surface area (Å²) in [5, 5.41) is 11.9. The molecule has 3 N–H and O–H groups in total. The molecule has 0 amide bonds. The maximum atomic E-state index is 8.96. The van der Waals surface area contributed by atoms with Crippen molar-refractivity contribution >= 4 is 5.84 Å². The number of rotatable bonds is 5. The Balaban J connectivity index is 1.76. The van der Waals surface area contributed by atoms with E-state index in [0.29, 0.717) is 35.3 Å². The van der Waals surface area contributed by atoms with Crippen LogP contribution in [0.25, 0.3) is 0 Å². The van der Waals surface area contributed by atoms with Gasteiger partial charge in [-0.2, -0.15) is 5.26 Å². The number of amidine groups is 1. The highest BCUT2D eigenvalue weighted by Crippen LogP contribution is 2.29. The largest absolute Gasteiger partial charge is 0.493 e. The first-order chi connectivity index (χ1) is 12.2. The normalized spacial score (nSPS) is 13.5. The Morgan fingerprint density at radius 2 is 2.00 bits per heavy atom. The molecule has 1 aliphatic rings. The summed E-state index contributed by atoms with van der Waals surface area (Å²) in [4.78, 5) is 4.35. The Morgan fingerprint density at radius 1 is 1.20 bits per heavy atom. The topological polar surface area (TPSA) is 92.7 Å². The molecule has 0 aromatic heterocycles. The average molecular weight is 334 g/mol. The first-order valence-electron chi connectivity index (χ1n) is 7.76. The molecule has 0 unspecified atom stereocenters. The predicted octanol–water partition coefficient (Wildman–Crippen LogP) is 2.32. The van der Waals surface area contributed by atoms with Gasteiger partial charge in [0.05, 0.1) is 19.2 Å². The molecule has 6 heteroatoms. The molecule has 0 atom stereocenters. The highest BCUT2D eigenvalue weighted by Gasteiger charge is 2.15. The molecule has 1 aliphatic heterocycles. The van der Waals surface area contributed by atoms with Gasteiger partial charge in [-0.15, -0.1) is 0 Å². The lowest BCUT2D eigenvalue weighted by Crippen LogP contribution is -2.33. The van der Waals surface area contributed by atoms with E-state index in [-0.39, 0.29) is 6.54 Å². The van der Waals surface area contributed by atoms with E-state index < -0.39 is 0 Å². The van der Waals surface area contributed by atoms with Crippen LogP contribution in [0.15, 0.2) is 64.9 Å². The Labute approximate surface area is 146 Å². The van der Waals surface area contributed by atoms with Crippen LogP contribution in [0.4, 0.5) is 0 Å². The Morgan fingerprint density at radius 3 is 2.68 bits per heavy atom. The van der Waals surface area contributed by atoms with Crippen LogP contribution in [-0.2, 0) is 6.61 Å². The van der Waals surface area contributed by atoms with Gasteiger partial charge >= 0.3 is 0 Å².